The van der Waals surface area contributed by atoms with Crippen molar-refractivity contribution >= 4 is 0 Å². The molecule has 19 heavy (non-hydrogen) atoms. The second-order valence-electron chi connectivity index (χ2n) is 6.57. The molecule has 0 heterocycles. The molecule has 2 rings (SSSR count). The standard InChI is InChI=1S/C18H28O/c1-6-8-9-14-12-18(4,5)16-11-17(19-7-2)13(3)10-15(14)16/h10-11,14H,6-9,12H2,1-5H3. The Bertz CT molecular complexity index is 445. The highest BCUT2D eigenvalue weighted by Gasteiger charge is 2.36. The van der Waals surface area contributed by atoms with Gasteiger partial charge in [0.25, 0.3) is 0 Å². The molecular weight excluding hydrogens is 232 g/mol. The van der Waals surface area contributed by atoms with Crippen molar-refractivity contribution in [1.82, 2.24) is 0 Å². The van der Waals surface area contributed by atoms with Crippen LogP contribution < -0.4 is 4.74 Å². The van der Waals surface area contributed by atoms with Crippen molar-refractivity contribution in [2.24, 2.45) is 0 Å². The van der Waals surface area contributed by atoms with Gasteiger partial charge in [-0.25, -0.2) is 0 Å². The van der Waals surface area contributed by atoms with Crippen LogP contribution >= 0.6 is 0 Å². The predicted molar refractivity (Wildman–Crippen MR) is 82.3 cm³/mol. The first-order chi connectivity index (χ1) is 8.99. The highest BCUT2D eigenvalue weighted by atomic mass is 16.5. The number of aryl methyl sites for hydroxylation is 1. The predicted octanol–water partition coefficient (Wildman–Crippen LogP) is 5.35. The molecule has 1 heteroatoms. The minimum Gasteiger partial charge on any atom is -0.494 e. The summed E-state index contributed by atoms with van der Waals surface area (Å²) in [6.45, 7) is 12.0. The molecule has 1 aliphatic carbocycles. The zero-order valence-corrected chi connectivity index (χ0v) is 13.2. The van der Waals surface area contributed by atoms with E-state index < -0.39 is 0 Å². The largest absolute Gasteiger partial charge is 0.494 e. The Kier molecular flexibility index (Phi) is 4.23. The quantitative estimate of drug-likeness (QED) is 0.693. The molecule has 0 amide bonds. The monoisotopic (exact) mass is 260 g/mol. The van der Waals surface area contributed by atoms with Gasteiger partial charge in [-0.1, -0.05) is 39.7 Å². The molecule has 0 bridgehead atoms. The zero-order valence-electron chi connectivity index (χ0n) is 13.2. The van der Waals surface area contributed by atoms with Gasteiger partial charge in [-0.2, -0.15) is 0 Å². The van der Waals surface area contributed by atoms with E-state index in [9.17, 15) is 0 Å². The van der Waals surface area contributed by atoms with E-state index in [1.165, 1.54) is 36.8 Å². The van der Waals surface area contributed by atoms with Gasteiger partial charge in [0, 0.05) is 0 Å². The third-order valence-corrected chi connectivity index (χ3v) is 4.48. The van der Waals surface area contributed by atoms with Gasteiger partial charge in [0.15, 0.2) is 0 Å². The van der Waals surface area contributed by atoms with Crippen LogP contribution in [0.2, 0.25) is 0 Å². The Morgan fingerprint density at radius 1 is 1.26 bits per heavy atom. The van der Waals surface area contributed by atoms with Crippen molar-refractivity contribution in [3.05, 3.63) is 28.8 Å². The lowest BCUT2D eigenvalue weighted by atomic mass is 9.85. The van der Waals surface area contributed by atoms with Crippen LogP contribution in [-0.2, 0) is 5.41 Å². The van der Waals surface area contributed by atoms with Crippen LogP contribution in [0.4, 0.5) is 0 Å². The summed E-state index contributed by atoms with van der Waals surface area (Å²) < 4.78 is 5.77. The van der Waals surface area contributed by atoms with Crippen LogP contribution in [-0.4, -0.2) is 6.61 Å². The van der Waals surface area contributed by atoms with Crippen LogP contribution in [0.5, 0.6) is 5.75 Å². The van der Waals surface area contributed by atoms with E-state index in [0.29, 0.717) is 5.41 Å². The fourth-order valence-corrected chi connectivity index (χ4v) is 3.49. The lowest BCUT2D eigenvalue weighted by molar-refractivity contribution is 0.337. The minimum atomic E-state index is 0.299. The van der Waals surface area contributed by atoms with Crippen molar-refractivity contribution in [1.29, 1.82) is 0 Å². The van der Waals surface area contributed by atoms with Crippen molar-refractivity contribution < 1.29 is 4.74 Å². The van der Waals surface area contributed by atoms with Gasteiger partial charge >= 0.3 is 0 Å². The molecule has 1 aliphatic rings. The molecule has 1 atom stereocenters. The summed E-state index contributed by atoms with van der Waals surface area (Å²) in [5.41, 5.74) is 4.69. The third-order valence-electron chi connectivity index (χ3n) is 4.48. The molecule has 1 nitrogen and oxygen atoms in total. The molecule has 0 fully saturated rings. The Morgan fingerprint density at radius 3 is 2.63 bits per heavy atom. The molecule has 0 saturated heterocycles. The second-order valence-corrected chi connectivity index (χ2v) is 6.57. The molecule has 0 aliphatic heterocycles. The van der Waals surface area contributed by atoms with Crippen LogP contribution in [0.15, 0.2) is 12.1 Å². The van der Waals surface area contributed by atoms with E-state index in [-0.39, 0.29) is 0 Å². The van der Waals surface area contributed by atoms with Gasteiger partial charge in [-0.3, -0.25) is 0 Å². The number of rotatable bonds is 5. The smallest absolute Gasteiger partial charge is 0.122 e. The van der Waals surface area contributed by atoms with E-state index in [2.05, 4.69) is 46.8 Å². The van der Waals surface area contributed by atoms with Crippen LogP contribution in [0.3, 0.4) is 0 Å². The lowest BCUT2D eigenvalue weighted by Gasteiger charge is -2.20. The number of unbranched alkanes of at least 4 members (excludes halogenated alkanes) is 1. The summed E-state index contributed by atoms with van der Waals surface area (Å²) >= 11 is 0. The molecule has 0 N–H and O–H groups in total. The Balaban J connectivity index is 2.37. The molecule has 1 unspecified atom stereocenters. The SMILES string of the molecule is CCCCC1CC(C)(C)c2cc(OCC)c(C)cc21. The highest BCUT2D eigenvalue weighted by Crippen LogP contribution is 2.49. The Labute approximate surface area is 118 Å². The normalized spacial score (nSPS) is 20.4. The van der Waals surface area contributed by atoms with Crippen LogP contribution in [0.1, 0.15) is 76.0 Å². The maximum absolute atomic E-state index is 5.77. The van der Waals surface area contributed by atoms with Gasteiger partial charge in [0.2, 0.25) is 0 Å². The van der Waals surface area contributed by atoms with Gasteiger partial charge in [0.1, 0.15) is 5.75 Å². The maximum atomic E-state index is 5.77. The lowest BCUT2D eigenvalue weighted by Crippen LogP contribution is -2.12. The highest BCUT2D eigenvalue weighted by molar-refractivity contribution is 5.49. The maximum Gasteiger partial charge on any atom is 0.122 e. The topological polar surface area (TPSA) is 9.23 Å². The number of hydrogen-bond donors (Lipinski definition) is 0. The van der Waals surface area contributed by atoms with Gasteiger partial charge in [-0.15, -0.1) is 0 Å². The summed E-state index contributed by atoms with van der Waals surface area (Å²) in [7, 11) is 0. The molecule has 1 aromatic rings. The van der Waals surface area contributed by atoms with Crippen molar-refractivity contribution in [3.63, 3.8) is 0 Å². The average Bonchev–Trinajstić information content (AvgIpc) is 2.59. The number of hydrogen-bond acceptors (Lipinski definition) is 1. The summed E-state index contributed by atoms with van der Waals surface area (Å²) in [6.07, 6.45) is 5.26. The molecule has 0 radical (unpaired) electrons. The summed E-state index contributed by atoms with van der Waals surface area (Å²) in [5.74, 6) is 1.82. The van der Waals surface area contributed by atoms with E-state index in [1.807, 2.05) is 0 Å². The Morgan fingerprint density at radius 2 is 2.00 bits per heavy atom. The number of ether oxygens (including phenoxy) is 1. The molecule has 0 spiro atoms. The second kappa shape index (κ2) is 5.56. The molecule has 0 saturated carbocycles. The van der Waals surface area contributed by atoms with Gasteiger partial charge in [0.05, 0.1) is 6.61 Å². The molecule has 0 aromatic heterocycles. The zero-order chi connectivity index (χ0) is 14.0. The minimum absolute atomic E-state index is 0.299. The molecule has 1 aromatic carbocycles. The number of benzene rings is 1. The van der Waals surface area contributed by atoms with Crippen molar-refractivity contribution in [3.8, 4) is 5.75 Å². The summed E-state index contributed by atoms with van der Waals surface area (Å²) in [4.78, 5) is 0. The van der Waals surface area contributed by atoms with Gasteiger partial charge in [-0.05, 0) is 60.8 Å². The average molecular weight is 260 g/mol. The third kappa shape index (κ3) is 2.80. The fourth-order valence-electron chi connectivity index (χ4n) is 3.49. The first-order valence-electron chi connectivity index (χ1n) is 7.77. The summed E-state index contributed by atoms with van der Waals surface area (Å²) in [6, 6.07) is 4.69. The van der Waals surface area contributed by atoms with Crippen molar-refractivity contribution in [2.75, 3.05) is 6.61 Å². The van der Waals surface area contributed by atoms with E-state index in [0.717, 1.165) is 18.3 Å². The summed E-state index contributed by atoms with van der Waals surface area (Å²) in [5, 5.41) is 0. The van der Waals surface area contributed by atoms with Crippen molar-refractivity contribution in [2.45, 2.75) is 71.6 Å². The van der Waals surface area contributed by atoms with E-state index in [4.69, 9.17) is 4.74 Å². The molecule has 106 valence electrons. The fraction of sp³-hybridized carbons (Fsp3) is 0.667. The molecular formula is C18H28O. The number of fused-ring (bicyclic) bond motifs is 1. The Hall–Kier alpha value is -0.980. The van der Waals surface area contributed by atoms with Crippen LogP contribution in [0.25, 0.3) is 0 Å². The first kappa shape index (κ1) is 14.4. The first-order valence-corrected chi connectivity index (χ1v) is 7.77. The van der Waals surface area contributed by atoms with E-state index in [1.54, 1.807) is 5.56 Å². The van der Waals surface area contributed by atoms with Gasteiger partial charge < -0.3 is 4.74 Å². The van der Waals surface area contributed by atoms with E-state index >= 15 is 0 Å². The van der Waals surface area contributed by atoms with Crippen LogP contribution in [0, 0.1) is 6.92 Å².